The third-order valence-electron chi connectivity index (χ3n) is 4.71. The lowest BCUT2D eigenvalue weighted by molar-refractivity contribution is -0.133. The number of allylic oxidation sites excluding steroid dienone is 1. The molecule has 6 nitrogen and oxygen atoms in total. The van der Waals surface area contributed by atoms with Crippen molar-refractivity contribution in [2.75, 3.05) is 52.4 Å². The van der Waals surface area contributed by atoms with Gasteiger partial charge in [0, 0.05) is 39.3 Å². The minimum Gasteiger partial charge on any atom is -0.498 e. The van der Waals surface area contributed by atoms with E-state index in [9.17, 15) is 9.59 Å². The number of amides is 2. The van der Waals surface area contributed by atoms with Crippen LogP contribution < -0.4 is 0 Å². The van der Waals surface area contributed by atoms with Crippen molar-refractivity contribution in [1.82, 2.24) is 14.7 Å². The van der Waals surface area contributed by atoms with Crippen molar-refractivity contribution in [3.63, 3.8) is 0 Å². The highest BCUT2D eigenvalue weighted by atomic mass is 16.5. The van der Waals surface area contributed by atoms with Crippen LogP contribution in [0.1, 0.15) is 33.6 Å². The van der Waals surface area contributed by atoms with Crippen LogP contribution in [0.5, 0.6) is 0 Å². The first-order valence-corrected chi connectivity index (χ1v) is 8.68. The molecule has 2 aliphatic heterocycles. The molecule has 0 aromatic heterocycles. The predicted octanol–water partition coefficient (Wildman–Crippen LogP) is 1.08. The molecule has 2 heterocycles. The van der Waals surface area contributed by atoms with E-state index in [1.165, 1.54) is 0 Å². The molecule has 0 aromatic carbocycles. The highest BCUT2D eigenvalue weighted by molar-refractivity contribution is 5.94. The Labute approximate surface area is 139 Å². The number of rotatable bonds is 5. The largest absolute Gasteiger partial charge is 0.498 e. The maximum absolute atomic E-state index is 12.6. The minimum atomic E-state index is 0.108. The first kappa shape index (κ1) is 17.8. The molecule has 0 unspecified atom stereocenters. The van der Waals surface area contributed by atoms with Crippen molar-refractivity contribution in [3.05, 3.63) is 11.3 Å². The molecule has 2 aliphatic rings. The molecule has 1 fully saturated rings. The molecule has 0 radical (unpaired) electrons. The van der Waals surface area contributed by atoms with Crippen LogP contribution in [0, 0.1) is 0 Å². The fourth-order valence-corrected chi connectivity index (χ4v) is 3.16. The maximum Gasteiger partial charge on any atom is 0.253 e. The van der Waals surface area contributed by atoms with Crippen LogP contribution in [-0.4, -0.2) is 78.9 Å². The first-order chi connectivity index (χ1) is 11.1. The van der Waals surface area contributed by atoms with E-state index in [0.29, 0.717) is 26.2 Å². The summed E-state index contributed by atoms with van der Waals surface area (Å²) in [6.45, 7) is 11.4. The molecule has 0 N–H and O–H groups in total. The Morgan fingerprint density at radius 3 is 2.35 bits per heavy atom. The number of piperazine rings is 1. The third-order valence-corrected chi connectivity index (χ3v) is 4.71. The Balaban J connectivity index is 1.84. The van der Waals surface area contributed by atoms with Crippen LogP contribution in [0.3, 0.4) is 0 Å². The fraction of sp³-hybridized carbons (Fsp3) is 0.765. The van der Waals surface area contributed by atoms with E-state index in [1.807, 2.05) is 30.6 Å². The lowest BCUT2D eigenvalue weighted by Gasteiger charge is -2.36. The molecule has 2 rings (SSSR count). The monoisotopic (exact) mass is 323 g/mol. The van der Waals surface area contributed by atoms with Gasteiger partial charge in [-0.2, -0.15) is 0 Å². The fourth-order valence-electron chi connectivity index (χ4n) is 3.16. The molecule has 0 aliphatic carbocycles. The standard InChI is InChI=1S/C17H29N3O3/c1-4-19(5-2)16(21)13-18-8-10-20(11-9-18)17(22)15-7-6-12-23-14(15)3/h4-13H2,1-3H3. The molecule has 0 bridgehead atoms. The summed E-state index contributed by atoms with van der Waals surface area (Å²) in [6.07, 6.45) is 1.72. The quantitative estimate of drug-likeness (QED) is 0.760. The van der Waals surface area contributed by atoms with E-state index in [1.54, 1.807) is 0 Å². The van der Waals surface area contributed by atoms with Crippen LogP contribution in [-0.2, 0) is 14.3 Å². The zero-order valence-electron chi connectivity index (χ0n) is 14.6. The number of carbonyl (C=O) groups is 2. The summed E-state index contributed by atoms with van der Waals surface area (Å²) in [7, 11) is 0. The Bertz CT molecular complexity index is 464. The Morgan fingerprint density at radius 2 is 1.78 bits per heavy atom. The van der Waals surface area contributed by atoms with Gasteiger partial charge in [0.05, 0.1) is 18.7 Å². The van der Waals surface area contributed by atoms with Gasteiger partial charge in [0.2, 0.25) is 5.91 Å². The van der Waals surface area contributed by atoms with Crippen LogP contribution in [0.2, 0.25) is 0 Å². The Hall–Kier alpha value is -1.56. The zero-order chi connectivity index (χ0) is 16.8. The molecule has 6 heteroatoms. The summed E-state index contributed by atoms with van der Waals surface area (Å²) in [5.74, 6) is 1.06. The Morgan fingerprint density at radius 1 is 1.13 bits per heavy atom. The average molecular weight is 323 g/mol. The van der Waals surface area contributed by atoms with Crippen molar-refractivity contribution >= 4 is 11.8 Å². The summed E-state index contributed by atoms with van der Waals surface area (Å²) < 4.78 is 5.50. The summed E-state index contributed by atoms with van der Waals surface area (Å²) in [5, 5.41) is 0. The number of carbonyl (C=O) groups excluding carboxylic acids is 2. The number of nitrogens with zero attached hydrogens (tertiary/aromatic N) is 3. The smallest absolute Gasteiger partial charge is 0.253 e. The van der Waals surface area contributed by atoms with Gasteiger partial charge in [-0.05, 0) is 33.6 Å². The number of hydrogen-bond donors (Lipinski definition) is 0. The normalized spacial score (nSPS) is 19.5. The summed E-state index contributed by atoms with van der Waals surface area (Å²) in [5.41, 5.74) is 0.823. The highest BCUT2D eigenvalue weighted by Crippen LogP contribution is 2.21. The van der Waals surface area contributed by atoms with E-state index < -0.39 is 0 Å². The second-order valence-corrected chi connectivity index (χ2v) is 6.12. The van der Waals surface area contributed by atoms with Gasteiger partial charge >= 0.3 is 0 Å². The van der Waals surface area contributed by atoms with Gasteiger partial charge in [-0.15, -0.1) is 0 Å². The van der Waals surface area contributed by atoms with E-state index in [0.717, 1.165) is 50.4 Å². The average Bonchev–Trinajstić information content (AvgIpc) is 2.56. The van der Waals surface area contributed by atoms with E-state index in [4.69, 9.17) is 4.74 Å². The number of likely N-dealkylation sites (N-methyl/N-ethyl adjacent to an activating group) is 1. The second-order valence-electron chi connectivity index (χ2n) is 6.12. The van der Waals surface area contributed by atoms with Crippen LogP contribution in [0.25, 0.3) is 0 Å². The molecule has 0 atom stereocenters. The highest BCUT2D eigenvalue weighted by Gasteiger charge is 2.27. The minimum absolute atomic E-state index is 0.108. The van der Waals surface area contributed by atoms with E-state index >= 15 is 0 Å². The van der Waals surface area contributed by atoms with Crippen molar-refractivity contribution in [2.45, 2.75) is 33.6 Å². The summed E-state index contributed by atoms with van der Waals surface area (Å²) in [6, 6.07) is 0. The lowest BCUT2D eigenvalue weighted by atomic mass is 10.1. The number of ether oxygens (including phenoxy) is 1. The summed E-state index contributed by atoms with van der Waals surface area (Å²) in [4.78, 5) is 30.6. The van der Waals surface area contributed by atoms with Gasteiger partial charge in [-0.25, -0.2) is 0 Å². The lowest BCUT2D eigenvalue weighted by Crippen LogP contribution is -2.52. The van der Waals surface area contributed by atoms with E-state index in [-0.39, 0.29) is 11.8 Å². The molecule has 1 saturated heterocycles. The first-order valence-electron chi connectivity index (χ1n) is 8.68. The van der Waals surface area contributed by atoms with Gasteiger partial charge in [-0.1, -0.05) is 0 Å². The van der Waals surface area contributed by atoms with Crippen molar-refractivity contribution in [3.8, 4) is 0 Å². The van der Waals surface area contributed by atoms with Gasteiger partial charge in [0.15, 0.2) is 0 Å². The van der Waals surface area contributed by atoms with Crippen LogP contribution >= 0.6 is 0 Å². The van der Waals surface area contributed by atoms with Gasteiger partial charge in [-0.3, -0.25) is 14.5 Å². The van der Waals surface area contributed by atoms with Crippen molar-refractivity contribution < 1.29 is 14.3 Å². The van der Waals surface area contributed by atoms with Crippen molar-refractivity contribution in [1.29, 1.82) is 0 Å². The molecule has 0 spiro atoms. The molecule has 23 heavy (non-hydrogen) atoms. The number of hydrogen-bond acceptors (Lipinski definition) is 4. The van der Waals surface area contributed by atoms with Crippen molar-refractivity contribution in [2.24, 2.45) is 0 Å². The topological polar surface area (TPSA) is 53.1 Å². The van der Waals surface area contributed by atoms with Crippen LogP contribution in [0.15, 0.2) is 11.3 Å². The predicted molar refractivity (Wildman–Crippen MR) is 88.8 cm³/mol. The zero-order valence-corrected chi connectivity index (χ0v) is 14.6. The Kier molecular flexibility index (Phi) is 6.45. The van der Waals surface area contributed by atoms with Gasteiger partial charge in [0.1, 0.15) is 5.76 Å². The molecular formula is C17H29N3O3. The van der Waals surface area contributed by atoms with E-state index in [2.05, 4.69) is 4.90 Å². The SMILES string of the molecule is CCN(CC)C(=O)CN1CCN(C(=O)C2=C(C)OCCC2)CC1. The molecule has 0 aromatic rings. The molecule has 2 amide bonds. The molecule has 130 valence electrons. The van der Waals surface area contributed by atoms with Gasteiger partial charge in [0.25, 0.3) is 5.91 Å². The summed E-state index contributed by atoms with van der Waals surface area (Å²) >= 11 is 0. The van der Waals surface area contributed by atoms with Crippen LogP contribution in [0.4, 0.5) is 0 Å². The van der Waals surface area contributed by atoms with Gasteiger partial charge < -0.3 is 14.5 Å². The maximum atomic E-state index is 12.6. The molecular weight excluding hydrogens is 294 g/mol. The second kappa shape index (κ2) is 8.34. The molecule has 0 saturated carbocycles. The third kappa shape index (κ3) is 4.47.